The predicted molar refractivity (Wildman–Crippen MR) is 111 cm³/mol. The number of aryl methyl sites for hydroxylation is 1. The number of pyridine rings is 1. The van der Waals surface area contributed by atoms with E-state index >= 15 is 0 Å². The SMILES string of the molecule is CCCCCc1ccccc1-c1cc(NC(=N)NC=O)c2ccccc2n1. The number of carbonyl (C=O) groups is 1. The number of amides is 1. The molecule has 0 saturated heterocycles. The van der Waals surface area contributed by atoms with Crippen LogP contribution in [-0.4, -0.2) is 17.4 Å². The lowest BCUT2D eigenvalue weighted by atomic mass is 9.98. The number of rotatable bonds is 7. The molecule has 0 aliphatic heterocycles. The van der Waals surface area contributed by atoms with Crippen LogP contribution in [0, 0.1) is 5.41 Å². The van der Waals surface area contributed by atoms with Crippen LogP contribution in [0.1, 0.15) is 31.7 Å². The first-order chi connectivity index (χ1) is 13.2. The summed E-state index contributed by atoms with van der Waals surface area (Å²) in [5.74, 6) is -0.0662. The largest absolute Gasteiger partial charge is 0.325 e. The summed E-state index contributed by atoms with van der Waals surface area (Å²) < 4.78 is 0. The molecule has 0 saturated carbocycles. The molecule has 1 amide bonds. The van der Waals surface area contributed by atoms with E-state index in [1.54, 1.807) is 0 Å². The maximum absolute atomic E-state index is 10.6. The molecular weight excluding hydrogens is 336 g/mol. The van der Waals surface area contributed by atoms with Gasteiger partial charge in [-0.25, -0.2) is 4.98 Å². The lowest BCUT2D eigenvalue weighted by Crippen LogP contribution is -2.28. The second-order valence-electron chi connectivity index (χ2n) is 6.45. The number of guanidine groups is 1. The fourth-order valence-corrected chi connectivity index (χ4v) is 3.20. The average Bonchev–Trinajstić information content (AvgIpc) is 2.68. The van der Waals surface area contributed by atoms with Gasteiger partial charge in [0.2, 0.25) is 6.41 Å². The maximum atomic E-state index is 10.6. The summed E-state index contributed by atoms with van der Waals surface area (Å²) in [5.41, 5.74) is 4.85. The van der Waals surface area contributed by atoms with Crippen LogP contribution < -0.4 is 10.6 Å². The Kier molecular flexibility index (Phi) is 6.15. The lowest BCUT2D eigenvalue weighted by Gasteiger charge is -2.14. The van der Waals surface area contributed by atoms with E-state index in [4.69, 9.17) is 10.4 Å². The molecule has 0 fully saturated rings. The molecule has 0 aliphatic rings. The van der Waals surface area contributed by atoms with Crippen LogP contribution in [-0.2, 0) is 11.2 Å². The van der Waals surface area contributed by atoms with Gasteiger partial charge in [0.25, 0.3) is 0 Å². The molecule has 0 radical (unpaired) electrons. The summed E-state index contributed by atoms with van der Waals surface area (Å²) in [6.45, 7) is 2.21. The molecule has 0 unspecified atom stereocenters. The third kappa shape index (κ3) is 4.50. The third-order valence-corrected chi connectivity index (χ3v) is 4.52. The molecule has 0 aliphatic carbocycles. The second-order valence-corrected chi connectivity index (χ2v) is 6.45. The lowest BCUT2D eigenvalue weighted by molar-refractivity contribution is -0.108. The van der Waals surface area contributed by atoms with Crippen LogP contribution in [0.3, 0.4) is 0 Å². The highest BCUT2D eigenvalue weighted by Crippen LogP contribution is 2.30. The van der Waals surface area contributed by atoms with Crippen molar-refractivity contribution in [3.05, 3.63) is 60.2 Å². The van der Waals surface area contributed by atoms with Crippen molar-refractivity contribution < 1.29 is 4.79 Å². The van der Waals surface area contributed by atoms with Crippen LogP contribution in [0.2, 0.25) is 0 Å². The summed E-state index contributed by atoms with van der Waals surface area (Å²) in [6, 6.07) is 18.1. The van der Waals surface area contributed by atoms with Gasteiger partial charge in [0, 0.05) is 10.9 Å². The summed E-state index contributed by atoms with van der Waals surface area (Å²) >= 11 is 0. The molecule has 1 aromatic heterocycles. The fourth-order valence-electron chi connectivity index (χ4n) is 3.20. The van der Waals surface area contributed by atoms with Crippen molar-refractivity contribution in [1.29, 1.82) is 5.41 Å². The fraction of sp³-hybridized carbons (Fsp3) is 0.227. The zero-order valence-electron chi connectivity index (χ0n) is 15.5. The highest BCUT2D eigenvalue weighted by atomic mass is 16.1. The summed E-state index contributed by atoms with van der Waals surface area (Å²) in [5, 5.41) is 14.1. The van der Waals surface area contributed by atoms with E-state index < -0.39 is 0 Å². The summed E-state index contributed by atoms with van der Waals surface area (Å²) in [4.78, 5) is 15.5. The zero-order chi connectivity index (χ0) is 19.1. The Morgan fingerprint density at radius 2 is 1.89 bits per heavy atom. The minimum Gasteiger partial charge on any atom is -0.325 e. The summed E-state index contributed by atoms with van der Waals surface area (Å²) in [7, 11) is 0. The highest BCUT2D eigenvalue weighted by Gasteiger charge is 2.11. The molecule has 0 spiro atoms. The Bertz CT molecular complexity index is 952. The van der Waals surface area contributed by atoms with Crippen molar-refractivity contribution in [1.82, 2.24) is 10.3 Å². The third-order valence-electron chi connectivity index (χ3n) is 4.52. The summed E-state index contributed by atoms with van der Waals surface area (Å²) in [6.07, 6.45) is 5.06. The van der Waals surface area contributed by atoms with E-state index in [1.807, 2.05) is 36.4 Å². The standard InChI is InChI=1S/C22H24N4O/c1-2-3-4-9-16-10-5-6-11-17(16)20-14-21(26-22(23)24-15-27)18-12-7-8-13-19(18)25-20/h5-8,10-15H,2-4,9H2,1H3,(H3,23,24,25,26,27). The number of hydrogen-bond acceptors (Lipinski definition) is 3. The molecule has 5 nitrogen and oxygen atoms in total. The molecule has 3 rings (SSSR count). The predicted octanol–water partition coefficient (Wildman–Crippen LogP) is 4.73. The molecule has 5 heteroatoms. The highest BCUT2D eigenvalue weighted by molar-refractivity contribution is 6.04. The van der Waals surface area contributed by atoms with E-state index in [0.717, 1.165) is 40.7 Å². The number of benzene rings is 2. The van der Waals surface area contributed by atoms with Gasteiger partial charge in [0.1, 0.15) is 0 Å². The number of aromatic nitrogens is 1. The van der Waals surface area contributed by atoms with E-state index in [0.29, 0.717) is 6.41 Å². The first-order valence-electron chi connectivity index (χ1n) is 9.26. The maximum Gasteiger partial charge on any atom is 0.213 e. The topological polar surface area (TPSA) is 77.9 Å². The molecule has 27 heavy (non-hydrogen) atoms. The molecular formula is C22H24N4O. The molecule has 2 aromatic carbocycles. The number of anilines is 1. The van der Waals surface area contributed by atoms with E-state index in [9.17, 15) is 4.79 Å². The van der Waals surface area contributed by atoms with Crippen molar-refractivity contribution in [3.8, 4) is 11.3 Å². The number of para-hydroxylation sites is 1. The van der Waals surface area contributed by atoms with E-state index in [-0.39, 0.29) is 5.96 Å². The Balaban J connectivity index is 2.05. The second kappa shape index (κ2) is 8.94. The van der Waals surface area contributed by atoms with Crippen molar-refractivity contribution in [2.45, 2.75) is 32.6 Å². The van der Waals surface area contributed by atoms with Crippen molar-refractivity contribution in [2.24, 2.45) is 0 Å². The van der Waals surface area contributed by atoms with Crippen molar-refractivity contribution in [2.75, 3.05) is 5.32 Å². The van der Waals surface area contributed by atoms with Crippen LogP contribution >= 0.6 is 0 Å². The van der Waals surface area contributed by atoms with Gasteiger partial charge in [-0.15, -0.1) is 0 Å². The van der Waals surface area contributed by atoms with Gasteiger partial charge in [-0.3, -0.25) is 15.5 Å². The number of unbranched alkanes of at least 4 members (excludes halogenated alkanes) is 2. The number of hydrogen-bond donors (Lipinski definition) is 3. The van der Waals surface area contributed by atoms with Gasteiger partial charge >= 0.3 is 0 Å². The first kappa shape index (κ1) is 18.6. The van der Waals surface area contributed by atoms with Crippen LogP contribution in [0.4, 0.5) is 5.69 Å². The first-order valence-corrected chi connectivity index (χ1v) is 9.26. The molecule has 0 atom stereocenters. The number of carbonyl (C=O) groups excluding carboxylic acids is 1. The molecule has 3 aromatic rings. The Labute approximate surface area is 159 Å². The molecule has 1 heterocycles. The van der Waals surface area contributed by atoms with Gasteiger partial charge in [-0.2, -0.15) is 0 Å². The molecule has 3 N–H and O–H groups in total. The quantitative estimate of drug-likeness (QED) is 0.247. The normalized spacial score (nSPS) is 10.6. The number of nitrogens with one attached hydrogen (secondary N) is 3. The van der Waals surface area contributed by atoms with Gasteiger partial charge < -0.3 is 5.32 Å². The van der Waals surface area contributed by atoms with Crippen LogP contribution in [0.15, 0.2) is 54.6 Å². The van der Waals surface area contributed by atoms with Crippen LogP contribution in [0.25, 0.3) is 22.2 Å². The smallest absolute Gasteiger partial charge is 0.213 e. The zero-order valence-corrected chi connectivity index (χ0v) is 15.5. The minimum absolute atomic E-state index is 0.0662. The Morgan fingerprint density at radius 3 is 2.70 bits per heavy atom. The van der Waals surface area contributed by atoms with Gasteiger partial charge in [0.05, 0.1) is 16.9 Å². The average molecular weight is 360 g/mol. The van der Waals surface area contributed by atoms with E-state index in [1.165, 1.54) is 18.4 Å². The number of fused-ring (bicyclic) bond motifs is 1. The van der Waals surface area contributed by atoms with Crippen LogP contribution in [0.5, 0.6) is 0 Å². The number of nitrogens with zero attached hydrogens (tertiary/aromatic N) is 1. The van der Waals surface area contributed by atoms with Gasteiger partial charge in [-0.1, -0.05) is 62.2 Å². The molecule has 0 bridgehead atoms. The van der Waals surface area contributed by atoms with Crippen molar-refractivity contribution in [3.63, 3.8) is 0 Å². The van der Waals surface area contributed by atoms with Gasteiger partial charge in [-0.05, 0) is 30.5 Å². The monoisotopic (exact) mass is 360 g/mol. The Morgan fingerprint density at radius 1 is 1.11 bits per heavy atom. The Hall–Kier alpha value is -3.21. The van der Waals surface area contributed by atoms with Gasteiger partial charge in [0.15, 0.2) is 5.96 Å². The van der Waals surface area contributed by atoms with E-state index in [2.05, 4.69) is 35.8 Å². The molecule has 138 valence electrons. The minimum atomic E-state index is -0.0662. The van der Waals surface area contributed by atoms with Crippen molar-refractivity contribution >= 4 is 29.0 Å².